The lowest BCUT2D eigenvalue weighted by molar-refractivity contribution is -0.122. The van der Waals surface area contributed by atoms with E-state index in [0.29, 0.717) is 12.8 Å². The largest absolute Gasteiger partial charge is 0.497 e. The van der Waals surface area contributed by atoms with Crippen molar-refractivity contribution in [2.24, 2.45) is 5.73 Å². The molecule has 0 bridgehead atoms. The van der Waals surface area contributed by atoms with E-state index in [2.05, 4.69) is 0 Å². The van der Waals surface area contributed by atoms with Crippen LogP contribution in [0.25, 0.3) is 0 Å². The van der Waals surface area contributed by atoms with Gasteiger partial charge >= 0.3 is 0 Å². The van der Waals surface area contributed by atoms with Crippen LogP contribution in [0.1, 0.15) is 31.2 Å². The van der Waals surface area contributed by atoms with Gasteiger partial charge in [-0.3, -0.25) is 4.79 Å². The van der Waals surface area contributed by atoms with E-state index in [0.717, 1.165) is 24.2 Å². The Morgan fingerprint density at radius 3 is 2.94 bits per heavy atom. The zero-order valence-corrected chi connectivity index (χ0v) is 9.53. The van der Waals surface area contributed by atoms with Gasteiger partial charge in [-0.2, -0.15) is 0 Å². The third kappa shape index (κ3) is 2.09. The van der Waals surface area contributed by atoms with E-state index in [1.54, 1.807) is 7.11 Å². The average molecular weight is 219 g/mol. The summed E-state index contributed by atoms with van der Waals surface area (Å²) < 4.78 is 5.18. The fraction of sp³-hybridized carbons (Fsp3) is 0.462. The molecule has 0 heterocycles. The fourth-order valence-corrected chi connectivity index (χ4v) is 2.31. The second-order valence-electron chi connectivity index (χ2n) is 4.46. The third-order valence-electron chi connectivity index (χ3n) is 3.24. The number of hydrogen-bond acceptors (Lipinski definition) is 3. The molecule has 1 aliphatic carbocycles. The van der Waals surface area contributed by atoms with Crippen molar-refractivity contribution in [3.63, 3.8) is 0 Å². The lowest BCUT2D eigenvalue weighted by Gasteiger charge is -2.33. The number of carbonyl (C=O) groups excluding carboxylic acids is 1. The zero-order chi connectivity index (χ0) is 11.6. The topological polar surface area (TPSA) is 52.3 Å². The van der Waals surface area contributed by atoms with Gasteiger partial charge in [0.2, 0.25) is 0 Å². The molecule has 1 atom stereocenters. The number of Topliss-reactive ketones (excluding diaryl/α,β-unsaturated/α-hetero) is 1. The van der Waals surface area contributed by atoms with Crippen molar-refractivity contribution in [1.82, 2.24) is 0 Å². The van der Waals surface area contributed by atoms with Crippen LogP contribution in [0.15, 0.2) is 24.3 Å². The molecule has 1 aromatic carbocycles. The van der Waals surface area contributed by atoms with E-state index < -0.39 is 5.54 Å². The summed E-state index contributed by atoms with van der Waals surface area (Å²) in [6.45, 7) is 0. The molecule has 86 valence electrons. The number of methoxy groups -OCH3 is 1. The molecule has 1 aromatic rings. The predicted molar refractivity (Wildman–Crippen MR) is 62.3 cm³/mol. The maximum absolute atomic E-state index is 11.5. The molecule has 0 aliphatic heterocycles. The van der Waals surface area contributed by atoms with Gasteiger partial charge in [0.25, 0.3) is 0 Å². The Hall–Kier alpha value is -1.35. The molecule has 0 aromatic heterocycles. The monoisotopic (exact) mass is 219 g/mol. The SMILES string of the molecule is COc1cccc([C@@]2(N)CCCC(=O)C2)c1. The fourth-order valence-electron chi connectivity index (χ4n) is 2.31. The summed E-state index contributed by atoms with van der Waals surface area (Å²) in [6.07, 6.45) is 2.86. The molecule has 1 aliphatic rings. The molecule has 0 amide bonds. The van der Waals surface area contributed by atoms with Gasteiger partial charge < -0.3 is 10.5 Å². The summed E-state index contributed by atoms with van der Waals surface area (Å²) in [5.41, 5.74) is 6.82. The minimum absolute atomic E-state index is 0.261. The molecule has 16 heavy (non-hydrogen) atoms. The Labute approximate surface area is 95.6 Å². The molecular weight excluding hydrogens is 202 g/mol. The quantitative estimate of drug-likeness (QED) is 0.827. The van der Waals surface area contributed by atoms with Crippen molar-refractivity contribution in [3.05, 3.63) is 29.8 Å². The highest BCUT2D eigenvalue weighted by Gasteiger charge is 2.33. The molecule has 0 radical (unpaired) electrons. The Morgan fingerprint density at radius 2 is 2.25 bits per heavy atom. The lowest BCUT2D eigenvalue weighted by atomic mass is 9.77. The Morgan fingerprint density at radius 1 is 1.44 bits per heavy atom. The highest BCUT2D eigenvalue weighted by molar-refractivity contribution is 5.80. The molecule has 1 fully saturated rings. The molecule has 3 nitrogen and oxygen atoms in total. The Balaban J connectivity index is 2.30. The second kappa shape index (κ2) is 4.26. The molecular formula is C13H17NO2. The highest BCUT2D eigenvalue weighted by atomic mass is 16.5. The lowest BCUT2D eigenvalue weighted by Crippen LogP contribution is -2.41. The number of ketones is 1. The van der Waals surface area contributed by atoms with Crippen LogP contribution in [-0.4, -0.2) is 12.9 Å². The van der Waals surface area contributed by atoms with Crippen LogP contribution >= 0.6 is 0 Å². The maximum atomic E-state index is 11.5. The Kier molecular flexibility index (Phi) is 2.97. The second-order valence-corrected chi connectivity index (χ2v) is 4.46. The summed E-state index contributed by atoms with van der Waals surface area (Å²) in [4.78, 5) is 11.5. The first-order valence-electron chi connectivity index (χ1n) is 5.59. The summed E-state index contributed by atoms with van der Waals surface area (Å²) in [6, 6.07) is 7.71. The minimum atomic E-state index is -0.496. The maximum Gasteiger partial charge on any atom is 0.135 e. The first-order valence-corrected chi connectivity index (χ1v) is 5.59. The summed E-state index contributed by atoms with van der Waals surface area (Å²) in [5.74, 6) is 1.05. The van der Waals surface area contributed by atoms with E-state index in [1.165, 1.54) is 0 Å². The van der Waals surface area contributed by atoms with Crippen molar-refractivity contribution >= 4 is 5.78 Å². The number of benzene rings is 1. The third-order valence-corrected chi connectivity index (χ3v) is 3.24. The van der Waals surface area contributed by atoms with Crippen molar-refractivity contribution in [3.8, 4) is 5.75 Å². The molecule has 2 rings (SSSR count). The van der Waals surface area contributed by atoms with Crippen LogP contribution < -0.4 is 10.5 Å². The average Bonchev–Trinajstić information content (AvgIpc) is 2.29. The van der Waals surface area contributed by atoms with Crippen molar-refractivity contribution < 1.29 is 9.53 Å². The van der Waals surface area contributed by atoms with Crippen molar-refractivity contribution in [2.75, 3.05) is 7.11 Å². The van der Waals surface area contributed by atoms with E-state index in [9.17, 15) is 4.79 Å². The molecule has 2 N–H and O–H groups in total. The van der Waals surface area contributed by atoms with Crippen LogP contribution in [0.3, 0.4) is 0 Å². The first kappa shape index (κ1) is 11.1. The van der Waals surface area contributed by atoms with Gasteiger partial charge in [0.05, 0.1) is 7.11 Å². The van der Waals surface area contributed by atoms with Crippen LogP contribution in [0.5, 0.6) is 5.75 Å². The zero-order valence-electron chi connectivity index (χ0n) is 9.53. The predicted octanol–water partition coefficient (Wildman–Crippen LogP) is 1.99. The molecule has 0 spiro atoms. The van der Waals surface area contributed by atoms with Crippen LogP contribution in [0, 0.1) is 0 Å². The van der Waals surface area contributed by atoms with Crippen molar-refractivity contribution in [2.45, 2.75) is 31.2 Å². The number of hydrogen-bond donors (Lipinski definition) is 1. The summed E-state index contributed by atoms with van der Waals surface area (Å²) >= 11 is 0. The van der Waals surface area contributed by atoms with Crippen LogP contribution in [-0.2, 0) is 10.3 Å². The molecule has 3 heteroatoms. The molecule has 0 unspecified atom stereocenters. The van der Waals surface area contributed by atoms with E-state index in [4.69, 9.17) is 10.5 Å². The normalized spacial score (nSPS) is 25.5. The van der Waals surface area contributed by atoms with Gasteiger partial charge in [0.1, 0.15) is 11.5 Å². The number of ether oxygens (including phenoxy) is 1. The van der Waals surface area contributed by atoms with E-state index >= 15 is 0 Å². The van der Waals surface area contributed by atoms with Gasteiger partial charge in [-0.05, 0) is 30.5 Å². The van der Waals surface area contributed by atoms with E-state index in [1.807, 2.05) is 24.3 Å². The first-order chi connectivity index (χ1) is 7.64. The minimum Gasteiger partial charge on any atom is -0.497 e. The van der Waals surface area contributed by atoms with Gasteiger partial charge in [0.15, 0.2) is 0 Å². The standard InChI is InChI=1S/C13H17NO2/c1-16-12-6-2-4-10(8-12)13(14)7-3-5-11(15)9-13/h2,4,6,8H,3,5,7,9,14H2,1H3/t13-/m1/s1. The van der Waals surface area contributed by atoms with Gasteiger partial charge in [-0.15, -0.1) is 0 Å². The van der Waals surface area contributed by atoms with Crippen LogP contribution in [0.4, 0.5) is 0 Å². The van der Waals surface area contributed by atoms with Gasteiger partial charge in [0, 0.05) is 18.4 Å². The van der Waals surface area contributed by atoms with Gasteiger partial charge in [-0.25, -0.2) is 0 Å². The number of nitrogens with two attached hydrogens (primary N) is 1. The molecule has 0 saturated heterocycles. The Bertz CT molecular complexity index is 403. The van der Waals surface area contributed by atoms with E-state index in [-0.39, 0.29) is 5.78 Å². The smallest absolute Gasteiger partial charge is 0.135 e. The number of rotatable bonds is 2. The summed E-state index contributed by atoms with van der Waals surface area (Å²) in [7, 11) is 1.63. The van der Waals surface area contributed by atoms with Crippen LogP contribution in [0.2, 0.25) is 0 Å². The van der Waals surface area contributed by atoms with Crippen molar-refractivity contribution in [1.29, 1.82) is 0 Å². The molecule has 1 saturated carbocycles. The number of carbonyl (C=O) groups is 1. The highest BCUT2D eigenvalue weighted by Crippen LogP contribution is 2.34. The van der Waals surface area contributed by atoms with Gasteiger partial charge in [-0.1, -0.05) is 12.1 Å². The summed E-state index contributed by atoms with van der Waals surface area (Å²) in [5, 5.41) is 0.